The lowest BCUT2D eigenvalue weighted by atomic mass is 9.96. The number of amides is 1. The molecule has 2 aromatic carbocycles. The molecule has 0 spiro atoms. The number of piperidine rings is 1. The fourth-order valence-electron chi connectivity index (χ4n) is 4.76. The molecule has 11 heteroatoms. The first kappa shape index (κ1) is 25.6. The van der Waals surface area contributed by atoms with Crippen LogP contribution >= 0.6 is 0 Å². The Kier molecular flexibility index (Phi) is 7.47. The average molecular weight is 522 g/mol. The summed E-state index contributed by atoms with van der Waals surface area (Å²) in [4.78, 5) is 24.0. The molecule has 0 atom stereocenters. The predicted octanol–water partition coefficient (Wildman–Crippen LogP) is 4.01. The van der Waals surface area contributed by atoms with Gasteiger partial charge in [-0.2, -0.15) is 8.78 Å². The monoisotopic (exact) mass is 521 g/mol. The third-order valence-corrected chi connectivity index (χ3v) is 6.86. The predicted molar refractivity (Wildman–Crippen MR) is 140 cm³/mol. The van der Waals surface area contributed by atoms with E-state index in [4.69, 9.17) is 11.5 Å². The van der Waals surface area contributed by atoms with E-state index in [-0.39, 0.29) is 18.2 Å². The molecule has 2 aromatic heterocycles. The topological polar surface area (TPSA) is 124 Å². The minimum Gasteiger partial charge on any atom is -0.435 e. The number of nitrogens with one attached hydrogen (secondary N) is 1. The lowest BCUT2D eigenvalue weighted by molar-refractivity contribution is -0.0498. The van der Waals surface area contributed by atoms with Crippen LogP contribution in [0.3, 0.4) is 0 Å². The van der Waals surface area contributed by atoms with Gasteiger partial charge in [0.25, 0.3) is 5.91 Å². The zero-order valence-corrected chi connectivity index (χ0v) is 20.7. The molecule has 0 saturated carbocycles. The molecule has 3 heterocycles. The summed E-state index contributed by atoms with van der Waals surface area (Å²) in [6, 6.07) is 11.8. The van der Waals surface area contributed by atoms with Crippen LogP contribution < -0.4 is 21.5 Å². The second kappa shape index (κ2) is 11.1. The summed E-state index contributed by atoms with van der Waals surface area (Å²) in [5.41, 5.74) is 16.0. The quantitative estimate of drug-likeness (QED) is 0.320. The van der Waals surface area contributed by atoms with E-state index in [1.807, 2.05) is 21.4 Å². The molecule has 0 unspecified atom stereocenters. The Morgan fingerprint density at radius 2 is 1.87 bits per heavy atom. The van der Waals surface area contributed by atoms with Gasteiger partial charge in [-0.3, -0.25) is 9.20 Å². The summed E-state index contributed by atoms with van der Waals surface area (Å²) in [7, 11) is 0. The second-order valence-corrected chi connectivity index (χ2v) is 9.19. The van der Waals surface area contributed by atoms with Crippen molar-refractivity contribution in [3.05, 3.63) is 72.2 Å². The number of carbonyl (C=O) groups is 1. The van der Waals surface area contributed by atoms with Crippen molar-refractivity contribution in [2.45, 2.75) is 26.0 Å². The SMILES string of the molecule is NCc1cc(Nc2nccn3c(-c4ccc(OC(F)F)cc4)cnc23)ccc1C(=O)N1CCC(CN)CC1. The van der Waals surface area contributed by atoms with Crippen LogP contribution in [0.25, 0.3) is 16.9 Å². The summed E-state index contributed by atoms with van der Waals surface area (Å²) in [5.74, 6) is 1.05. The van der Waals surface area contributed by atoms with Crippen LogP contribution in [0, 0.1) is 5.92 Å². The zero-order chi connectivity index (χ0) is 26.6. The van der Waals surface area contributed by atoms with Crippen LogP contribution in [0.5, 0.6) is 5.75 Å². The number of rotatable bonds is 8. The van der Waals surface area contributed by atoms with Crippen molar-refractivity contribution in [2.75, 3.05) is 25.0 Å². The van der Waals surface area contributed by atoms with Gasteiger partial charge in [-0.15, -0.1) is 0 Å². The van der Waals surface area contributed by atoms with Gasteiger partial charge in [0.2, 0.25) is 0 Å². The number of hydrogen-bond acceptors (Lipinski definition) is 7. The molecule has 5 rings (SSSR count). The fourth-order valence-corrected chi connectivity index (χ4v) is 4.76. The summed E-state index contributed by atoms with van der Waals surface area (Å²) >= 11 is 0. The number of aromatic nitrogens is 3. The highest BCUT2D eigenvalue weighted by atomic mass is 19.3. The maximum absolute atomic E-state index is 13.2. The van der Waals surface area contributed by atoms with Crippen molar-refractivity contribution in [1.29, 1.82) is 0 Å². The molecule has 1 aliphatic heterocycles. The molecule has 198 valence electrons. The molecule has 1 aliphatic rings. The zero-order valence-electron chi connectivity index (χ0n) is 20.7. The first-order valence-electron chi connectivity index (χ1n) is 12.4. The van der Waals surface area contributed by atoms with E-state index < -0.39 is 6.61 Å². The van der Waals surface area contributed by atoms with Gasteiger partial charge in [-0.05, 0) is 73.3 Å². The highest BCUT2D eigenvalue weighted by Gasteiger charge is 2.24. The number of nitrogens with two attached hydrogens (primary N) is 2. The first-order valence-corrected chi connectivity index (χ1v) is 12.4. The van der Waals surface area contributed by atoms with Crippen molar-refractivity contribution in [3.8, 4) is 17.0 Å². The summed E-state index contributed by atoms with van der Waals surface area (Å²) in [5, 5.41) is 3.28. The van der Waals surface area contributed by atoms with E-state index in [2.05, 4.69) is 20.0 Å². The highest BCUT2D eigenvalue weighted by molar-refractivity contribution is 5.96. The van der Waals surface area contributed by atoms with Gasteiger partial charge in [0.05, 0.1) is 11.9 Å². The van der Waals surface area contributed by atoms with Crippen LogP contribution in [-0.2, 0) is 6.54 Å². The Labute approximate surface area is 218 Å². The van der Waals surface area contributed by atoms with Gasteiger partial charge in [0, 0.05) is 48.8 Å². The minimum absolute atomic E-state index is 0.0180. The largest absolute Gasteiger partial charge is 0.435 e. The number of anilines is 2. The fraction of sp³-hybridized carbons (Fsp3) is 0.296. The van der Waals surface area contributed by atoms with Crippen LogP contribution in [0.15, 0.2) is 61.1 Å². The molecule has 1 amide bonds. The van der Waals surface area contributed by atoms with Gasteiger partial charge in [-0.1, -0.05) is 0 Å². The first-order chi connectivity index (χ1) is 18.5. The molecule has 5 N–H and O–H groups in total. The molecule has 1 fully saturated rings. The Bertz CT molecular complexity index is 1420. The van der Waals surface area contributed by atoms with Crippen molar-refractivity contribution in [3.63, 3.8) is 0 Å². The van der Waals surface area contributed by atoms with Gasteiger partial charge in [-0.25, -0.2) is 9.97 Å². The van der Waals surface area contributed by atoms with E-state index in [0.717, 1.165) is 35.3 Å². The van der Waals surface area contributed by atoms with Crippen LogP contribution in [0.1, 0.15) is 28.8 Å². The standard InChI is InChI=1S/C27H29F2N7O2/c28-27(29)38-21-4-1-18(2-5-21)23-16-33-25-24(32-9-12-36(23)25)34-20-3-6-22(19(13-20)15-31)26(37)35-10-7-17(14-30)8-11-35/h1-6,9,12-13,16-17,27H,7-8,10-11,14-15,30-31H2,(H,32,34). The maximum Gasteiger partial charge on any atom is 0.387 e. The molecule has 38 heavy (non-hydrogen) atoms. The van der Waals surface area contributed by atoms with E-state index in [9.17, 15) is 13.6 Å². The lowest BCUT2D eigenvalue weighted by Gasteiger charge is -2.32. The Hall–Kier alpha value is -4.09. The summed E-state index contributed by atoms with van der Waals surface area (Å²) in [6.45, 7) is -0.622. The molecular formula is C27H29F2N7O2. The number of alkyl halides is 2. The summed E-state index contributed by atoms with van der Waals surface area (Å²) < 4.78 is 31.2. The Morgan fingerprint density at radius 3 is 2.55 bits per heavy atom. The maximum atomic E-state index is 13.2. The van der Waals surface area contributed by atoms with Crippen LogP contribution in [0.2, 0.25) is 0 Å². The van der Waals surface area contributed by atoms with Gasteiger partial charge < -0.3 is 26.4 Å². The third-order valence-electron chi connectivity index (χ3n) is 6.86. The molecule has 1 saturated heterocycles. The number of imidazole rings is 1. The van der Waals surface area contributed by atoms with E-state index in [1.54, 1.807) is 36.8 Å². The number of hydrogen-bond donors (Lipinski definition) is 3. The van der Waals surface area contributed by atoms with Crippen molar-refractivity contribution in [2.24, 2.45) is 17.4 Å². The van der Waals surface area contributed by atoms with Crippen molar-refractivity contribution in [1.82, 2.24) is 19.3 Å². The highest BCUT2D eigenvalue weighted by Crippen LogP contribution is 2.28. The van der Waals surface area contributed by atoms with Crippen LogP contribution in [-0.4, -0.2) is 51.4 Å². The number of carbonyl (C=O) groups excluding carboxylic acids is 1. The van der Waals surface area contributed by atoms with Crippen LogP contribution in [0.4, 0.5) is 20.3 Å². The van der Waals surface area contributed by atoms with Crippen molar-refractivity contribution >= 4 is 23.1 Å². The lowest BCUT2D eigenvalue weighted by Crippen LogP contribution is -2.40. The van der Waals surface area contributed by atoms with Gasteiger partial charge in [0.1, 0.15) is 5.75 Å². The van der Waals surface area contributed by atoms with Crippen molar-refractivity contribution < 1.29 is 18.3 Å². The molecule has 4 aromatic rings. The third kappa shape index (κ3) is 5.29. The molecule has 0 radical (unpaired) electrons. The molecule has 0 aliphatic carbocycles. The smallest absolute Gasteiger partial charge is 0.387 e. The van der Waals surface area contributed by atoms with Gasteiger partial charge >= 0.3 is 6.61 Å². The normalized spacial score (nSPS) is 14.3. The number of ether oxygens (including phenoxy) is 1. The minimum atomic E-state index is -2.88. The van der Waals surface area contributed by atoms with E-state index in [0.29, 0.717) is 42.6 Å². The number of nitrogens with zero attached hydrogens (tertiary/aromatic N) is 4. The average Bonchev–Trinajstić information content (AvgIpc) is 3.38. The number of benzene rings is 2. The number of halogens is 2. The Morgan fingerprint density at radius 1 is 1.11 bits per heavy atom. The molecule has 0 bridgehead atoms. The molecular weight excluding hydrogens is 492 g/mol. The number of fused-ring (bicyclic) bond motifs is 1. The second-order valence-electron chi connectivity index (χ2n) is 9.19. The number of likely N-dealkylation sites (tertiary alicyclic amines) is 1. The molecule has 9 nitrogen and oxygen atoms in total. The Balaban J connectivity index is 1.36. The van der Waals surface area contributed by atoms with Gasteiger partial charge in [0.15, 0.2) is 11.5 Å². The van der Waals surface area contributed by atoms with E-state index in [1.165, 1.54) is 12.1 Å². The summed E-state index contributed by atoms with van der Waals surface area (Å²) in [6.07, 6.45) is 6.92. The van der Waals surface area contributed by atoms with E-state index >= 15 is 0 Å².